The molecule has 0 bridgehead atoms. The number of benzene rings is 2. The molecule has 0 radical (unpaired) electrons. The Bertz CT molecular complexity index is 1020. The van der Waals surface area contributed by atoms with Gasteiger partial charge in [0.15, 0.2) is 0 Å². The molecule has 1 amide bonds. The van der Waals surface area contributed by atoms with E-state index in [2.05, 4.69) is 38.1 Å². The maximum absolute atomic E-state index is 12.6. The third-order valence-electron chi connectivity index (χ3n) is 4.39. The fourth-order valence-electron chi connectivity index (χ4n) is 3.07. The number of likely N-dealkylation sites (N-methyl/N-ethyl adjacent to an activating group) is 1. The molecule has 2 heterocycles. The molecule has 8 nitrogen and oxygen atoms in total. The van der Waals surface area contributed by atoms with E-state index >= 15 is 0 Å². The highest BCUT2D eigenvalue weighted by molar-refractivity contribution is 7.71. The highest BCUT2D eigenvalue weighted by atomic mass is 32.1. The first-order valence-electron chi connectivity index (χ1n) is 8.55. The summed E-state index contributed by atoms with van der Waals surface area (Å²) in [6.45, 7) is 2.02. The van der Waals surface area contributed by atoms with Crippen molar-refractivity contribution in [1.82, 2.24) is 25.1 Å². The molecule has 4 rings (SSSR count). The Balaban J connectivity index is 1.48. The van der Waals surface area contributed by atoms with E-state index < -0.39 is 0 Å². The number of tetrazole rings is 1. The van der Waals surface area contributed by atoms with Crippen molar-refractivity contribution in [2.45, 2.75) is 6.04 Å². The van der Waals surface area contributed by atoms with Crippen molar-refractivity contribution in [2.75, 3.05) is 30.8 Å². The van der Waals surface area contributed by atoms with Gasteiger partial charge in [-0.25, -0.2) is 4.68 Å². The van der Waals surface area contributed by atoms with Crippen molar-refractivity contribution >= 4 is 29.5 Å². The van der Waals surface area contributed by atoms with Gasteiger partial charge >= 0.3 is 0 Å². The van der Waals surface area contributed by atoms with Crippen LogP contribution in [-0.2, 0) is 0 Å². The van der Waals surface area contributed by atoms with Crippen molar-refractivity contribution in [3.63, 3.8) is 0 Å². The first-order chi connectivity index (χ1) is 13.1. The van der Waals surface area contributed by atoms with Gasteiger partial charge in [0, 0.05) is 30.0 Å². The summed E-state index contributed by atoms with van der Waals surface area (Å²) in [5, 5.41) is 16.5. The van der Waals surface area contributed by atoms with Gasteiger partial charge in [0.25, 0.3) is 5.91 Å². The third kappa shape index (κ3) is 3.88. The molecular formula is C18H19N7OS. The smallest absolute Gasteiger partial charge is 0.255 e. The van der Waals surface area contributed by atoms with Crippen molar-refractivity contribution in [2.24, 2.45) is 0 Å². The van der Waals surface area contributed by atoms with Gasteiger partial charge in [0.2, 0.25) is 4.77 Å². The van der Waals surface area contributed by atoms with Crippen LogP contribution >= 0.6 is 12.2 Å². The van der Waals surface area contributed by atoms with Gasteiger partial charge in [0.05, 0.1) is 11.7 Å². The molecule has 9 heteroatoms. The molecule has 1 aromatic heterocycles. The van der Waals surface area contributed by atoms with Gasteiger partial charge in [-0.1, -0.05) is 22.4 Å². The molecule has 3 aromatic rings. The zero-order valence-corrected chi connectivity index (χ0v) is 15.5. The Kier molecular flexibility index (Phi) is 4.69. The summed E-state index contributed by atoms with van der Waals surface area (Å²) < 4.78 is 1.88. The molecule has 0 saturated carbocycles. The maximum atomic E-state index is 12.6. The first-order valence-corrected chi connectivity index (χ1v) is 8.96. The van der Waals surface area contributed by atoms with Crippen LogP contribution in [-0.4, -0.2) is 57.2 Å². The zero-order chi connectivity index (χ0) is 18.8. The second-order valence-electron chi connectivity index (χ2n) is 6.57. The van der Waals surface area contributed by atoms with Gasteiger partial charge < -0.3 is 15.5 Å². The molecule has 1 aliphatic heterocycles. The highest BCUT2D eigenvalue weighted by Gasteiger charge is 2.22. The summed E-state index contributed by atoms with van der Waals surface area (Å²) in [6.07, 6.45) is 0. The van der Waals surface area contributed by atoms with Crippen LogP contribution in [0.4, 0.5) is 11.4 Å². The molecule has 1 fully saturated rings. The largest absolute Gasteiger partial charge is 0.380 e. The summed E-state index contributed by atoms with van der Waals surface area (Å²) in [7, 11) is 2.09. The van der Waals surface area contributed by atoms with E-state index in [1.807, 2.05) is 36.4 Å². The van der Waals surface area contributed by atoms with Gasteiger partial charge in [-0.3, -0.25) is 4.79 Å². The standard InChI is InChI=1S/C18H19N7OS/c1-24-10-15(11-24)19-13-5-2-4-12(8-13)17(26)20-14-6-3-7-16(9-14)25-18(27)21-22-23-25/h2-9,15,19H,10-11H2,1H3,(H,20,26)(H,21,23,27). The SMILES string of the molecule is CN1CC(Nc2cccc(C(=O)Nc3cccc(-n4[nH]nnc4=S)c3)c2)C1. The maximum Gasteiger partial charge on any atom is 0.255 e. The van der Waals surface area contributed by atoms with Crippen LogP contribution in [0.2, 0.25) is 0 Å². The van der Waals surface area contributed by atoms with Crippen LogP contribution in [0.3, 0.4) is 0 Å². The third-order valence-corrected chi connectivity index (χ3v) is 4.66. The predicted molar refractivity (Wildman–Crippen MR) is 106 cm³/mol. The fraction of sp³-hybridized carbons (Fsp3) is 0.222. The number of aromatic nitrogens is 4. The van der Waals surface area contributed by atoms with E-state index in [9.17, 15) is 4.79 Å². The number of aromatic amines is 1. The Morgan fingerprint density at radius 3 is 2.70 bits per heavy atom. The van der Waals surface area contributed by atoms with Crippen LogP contribution < -0.4 is 10.6 Å². The second-order valence-corrected chi connectivity index (χ2v) is 6.93. The lowest BCUT2D eigenvalue weighted by Gasteiger charge is -2.37. The number of hydrogen-bond donors (Lipinski definition) is 3. The van der Waals surface area contributed by atoms with E-state index in [1.165, 1.54) is 0 Å². The van der Waals surface area contributed by atoms with E-state index in [-0.39, 0.29) is 5.91 Å². The Hall–Kier alpha value is -3.04. The molecule has 1 saturated heterocycles. The summed E-state index contributed by atoms with van der Waals surface area (Å²) >= 11 is 5.11. The van der Waals surface area contributed by atoms with Crippen molar-refractivity contribution in [3.8, 4) is 5.69 Å². The minimum absolute atomic E-state index is 0.173. The molecule has 3 N–H and O–H groups in total. The minimum atomic E-state index is -0.173. The van der Waals surface area contributed by atoms with E-state index in [4.69, 9.17) is 12.2 Å². The molecule has 0 spiro atoms. The molecule has 27 heavy (non-hydrogen) atoms. The lowest BCUT2D eigenvalue weighted by Crippen LogP contribution is -2.52. The number of nitrogens with zero attached hydrogens (tertiary/aromatic N) is 4. The van der Waals surface area contributed by atoms with Gasteiger partial charge in [-0.2, -0.15) is 5.21 Å². The topological polar surface area (TPSA) is 90.9 Å². The number of H-pyrrole nitrogens is 1. The lowest BCUT2D eigenvalue weighted by molar-refractivity contribution is 0.102. The first kappa shape index (κ1) is 17.4. The van der Waals surface area contributed by atoms with Crippen molar-refractivity contribution in [1.29, 1.82) is 0 Å². The zero-order valence-electron chi connectivity index (χ0n) is 14.7. The van der Waals surface area contributed by atoms with Crippen LogP contribution in [0, 0.1) is 4.77 Å². The number of rotatable bonds is 5. The number of likely N-dealkylation sites (tertiary alicyclic amines) is 1. The summed E-state index contributed by atoms with van der Waals surface area (Å²) in [6, 6.07) is 15.3. The highest BCUT2D eigenvalue weighted by Crippen LogP contribution is 2.18. The van der Waals surface area contributed by atoms with Crippen LogP contribution in [0.5, 0.6) is 0 Å². The quantitative estimate of drug-likeness (QED) is 0.588. The molecule has 0 atom stereocenters. The average Bonchev–Trinajstić information content (AvgIpc) is 3.07. The van der Waals surface area contributed by atoms with Crippen LogP contribution in [0.1, 0.15) is 10.4 Å². The van der Waals surface area contributed by atoms with Crippen molar-refractivity contribution in [3.05, 3.63) is 58.9 Å². The predicted octanol–water partition coefficient (Wildman–Crippen LogP) is 2.30. The van der Waals surface area contributed by atoms with Crippen LogP contribution in [0.15, 0.2) is 48.5 Å². The summed E-state index contributed by atoms with van der Waals surface area (Å²) in [4.78, 5) is 14.9. The molecule has 2 aromatic carbocycles. The molecule has 1 aliphatic rings. The summed E-state index contributed by atoms with van der Waals surface area (Å²) in [5.41, 5.74) is 2.95. The number of carbonyl (C=O) groups is 1. The second kappa shape index (κ2) is 7.29. The molecule has 0 aliphatic carbocycles. The Labute approximate surface area is 161 Å². The normalized spacial score (nSPS) is 14.6. The van der Waals surface area contributed by atoms with Crippen molar-refractivity contribution < 1.29 is 4.79 Å². The number of anilines is 2. The minimum Gasteiger partial charge on any atom is -0.380 e. The van der Waals surface area contributed by atoms with E-state index in [0.29, 0.717) is 22.1 Å². The number of hydrogen-bond acceptors (Lipinski definition) is 6. The molecular weight excluding hydrogens is 362 g/mol. The average molecular weight is 381 g/mol. The molecule has 0 unspecified atom stereocenters. The monoisotopic (exact) mass is 381 g/mol. The molecule has 138 valence electrons. The Morgan fingerprint density at radius 1 is 1.19 bits per heavy atom. The van der Waals surface area contributed by atoms with Gasteiger partial charge in [-0.15, -0.1) is 0 Å². The van der Waals surface area contributed by atoms with E-state index in [0.717, 1.165) is 24.5 Å². The van der Waals surface area contributed by atoms with Gasteiger partial charge in [0.1, 0.15) is 0 Å². The van der Waals surface area contributed by atoms with E-state index in [1.54, 1.807) is 16.8 Å². The van der Waals surface area contributed by atoms with Crippen LogP contribution in [0.25, 0.3) is 5.69 Å². The fourth-order valence-corrected chi connectivity index (χ4v) is 3.25. The van der Waals surface area contributed by atoms with Gasteiger partial charge in [-0.05, 0) is 55.7 Å². The number of nitrogens with one attached hydrogen (secondary N) is 3. The lowest BCUT2D eigenvalue weighted by atomic mass is 10.1. The number of amides is 1. The summed E-state index contributed by atoms with van der Waals surface area (Å²) in [5.74, 6) is -0.173. The Morgan fingerprint density at radius 2 is 1.96 bits per heavy atom. The number of carbonyl (C=O) groups excluding carboxylic acids is 1.